The minimum Gasteiger partial charge on any atom is -0.340 e. The van der Waals surface area contributed by atoms with Crippen LogP contribution >= 0.6 is 0 Å². The second-order valence-corrected chi connectivity index (χ2v) is 5.29. The average Bonchev–Trinajstić information content (AvgIpc) is 2.48. The quantitative estimate of drug-likeness (QED) is 0.803. The van der Waals surface area contributed by atoms with E-state index in [1.165, 1.54) is 16.7 Å². The van der Waals surface area contributed by atoms with E-state index in [1.54, 1.807) is 0 Å². The highest BCUT2D eigenvalue weighted by atomic mass is 16.2. The van der Waals surface area contributed by atoms with Crippen molar-refractivity contribution in [3.05, 3.63) is 34.9 Å². The van der Waals surface area contributed by atoms with Gasteiger partial charge < -0.3 is 15.5 Å². The van der Waals surface area contributed by atoms with Crippen LogP contribution in [0.3, 0.4) is 0 Å². The van der Waals surface area contributed by atoms with Crippen LogP contribution in [0.2, 0.25) is 0 Å². The van der Waals surface area contributed by atoms with E-state index in [2.05, 4.69) is 28.8 Å². The van der Waals surface area contributed by atoms with E-state index in [9.17, 15) is 4.79 Å². The first kappa shape index (κ1) is 12.6. The van der Waals surface area contributed by atoms with Gasteiger partial charge in [0, 0.05) is 32.7 Å². The fourth-order valence-corrected chi connectivity index (χ4v) is 2.94. The molecule has 4 nitrogen and oxygen atoms in total. The van der Waals surface area contributed by atoms with Crippen molar-refractivity contribution in [3.63, 3.8) is 0 Å². The summed E-state index contributed by atoms with van der Waals surface area (Å²) in [7, 11) is 0. The molecular formula is C15H21N3O. The normalized spacial score (nSPS) is 19.1. The molecule has 0 atom stereocenters. The van der Waals surface area contributed by atoms with E-state index < -0.39 is 0 Å². The first-order valence-corrected chi connectivity index (χ1v) is 7.13. The highest BCUT2D eigenvalue weighted by Crippen LogP contribution is 2.19. The molecule has 1 aromatic rings. The van der Waals surface area contributed by atoms with Crippen LogP contribution in [-0.2, 0) is 24.2 Å². The van der Waals surface area contributed by atoms with Gasteiger partial charge in [-0.05, 0) is 29.7 Å². The number of fused-ring (bicyclic) bond motifs is 1. The second kappa shape index (κ2) is 5.72. The fraction of sp³-hybridized carbons (Fsp3) is 0.533. The largest absolute Gasteiger partial charge is 0.340 e. The lowest BCUT2D eigenvalue weighted by molar-refractivity contribution is -0.131. The van der Waals surface area contributed by atoms with E-state index in [0.717, 1.165) is 45.7 Å². The van der Waals surface area contributed by atoms with Gasteiger partial charge >= 0.3 is 0 Å². The molecule has 0 radical (unpaired) electrons. The SMILES string of the molecule is O=C(Cc1cccc2c1CNCC2)N1CCNCC1. The molecule has 1 aromatic carbocycles. The van der Waals surface area contributed by atoms with Crippen LogP contribution in [-0.4, -0.2) is 43.5 Å². The Labute approximate surface area is 114 Å². The summed E-state index contributed by atoms with van der Waals surface area (Å²) in [4.78, 5) is 14.3. The summed E-state index contributed by atoms with van der Waals surface area (Å²) in [6.45, 7) is 5.46. The number of carbonyl (C=O) groups is 1. The Kier molecular flexibility index (Phi) is 3.80. The Balaban J connectivity index is 1.74. The highest BCUT2D eigenvalue weighted by molar-refractivity contribution is 5.79. The summed E-state index contributed by atoms with van der Waals surface area (Å²) in [6, 6.07) is 6.38. The van der Waals surface area contributed by atoms with Gasteiger partial charge in [0.15, 0.2) is 0 Å². The lowest BCUT2D eigenvalue weighted by Crippen LogP contribution is -2.47. The molecule has 0 bridgehead atoms. The molecule has 0 saturated carbocycles. The van der Waals surface area contributed by atoms with Crippen molar-refractivity contribution in [2.24, 2.45) is 0 Å². The van der Waals surface area contributed by atoms with E-state index in [4.69, 9.17) is 0 Å². The molecule has 0 aliphatic carbocycles. The van der Waals surface area contributed by atoms with Gasteiger partial charge in [-0.2, -0.15) is 0 Å². The lowest BCUT2D eigenvalue weighted by atomic mass is 9.94. The van der Waals surface area contributed by atoms with Crippen LogP contribution in [0.25, 0.3) is 0 Å². The van der Waals surface area contributed by atoms with Gasteiger partial charge in [-0.25, -0.2) is 0 Å². The standard InChI is InChI=1S/C15H21N3O/c19-15(18-8-6-16-7-9-18)10-13-3-1-2-12-4-5-17-11-14(12)13/h1-3,16-17H,4-11H2. The van der Waals surface area contributed by atoms with Gasteiger partial charge in [0.05, 0.1) is 6.42 Å². The maximum absolute atomic E-state index is 12.3. The third kappa shape index (κ3) is 2.80. The first-order chi connectivity index (χ1) is 9.34. The van der Waals surface area contributed by atoms with Crippen molar-refractivity contribution >= 4 is 5.91 Å². The maximum Gasteiger partial charge on any atom is 0.227 e. The molecule has 2 heterocycles. The Hall–Kier alpha value is -1.39. The summed E-state index contributed by atoms with van der Waals surface area (Å²) < 4.78 is 0. The Morgan fingerprint density at radius 3 is 2.84 bits per heavy atom. The molecule has 1 amide bonds. The van der Waals surface area contributed by atoms with Crippen LogP contribution in [0, 0.1) is 0 Å². The van der Waals surface area contributed by atoms with E-state index in [1.807, 2.05) is 4.90 Å². The van der Waals surface area contributed by atoms with Gasteiger partial charge in [0.1, 0.15) is 0 Å². The van der Waals surface area contributed by atoms with Crippen LogP contribution < -0.4 is 10.6 Å². The number of nitrogens with one attached hydrogen (secondary N) is 2. The molecule has 0 aromatic heterocycles. The number of benzene rings is 1. The average molecular weight is 259 g/mol. The van der Waals surface area contributed by atoms with Crippen molar-refractivity contribution < 1.29 is 4.79 Å². The molecule has 2 aliphatic heterocycles. The topological polar surface area (TPSA) is 44.4 Å². The summed E-state index contributed by atoms with van der Waals surface area (Å²) in [5.74, 6) is 0.264. The third-order valence-electron chi connectivity index (χ3n) is 4.05. The van der Waals surface area contributed by atoms with Crippen molar-refractivity contribution in [3.8, 4) is 0 Å². The molecule has 1 saturated heterocycles. The minimum atomic E-state index is 0.264. The van der Waals surface area contributed by atoms with E-state index >= 15 is 0 Å². The van der Waals surface area contributed by atoms with Crippen LogP contribution in [0.5, 0.6) is 0 Å². The fourth-order valence-electron chi connectivity index (χ4n) is 2.94. The van der Waals surface area contributed by atoms with Crippen LogP contribution in [0.15, 0.2) is 18.2 Å². The molecular weight excluding hydrogens is 238 g/mol. The molecule has 2 aliphatic rings. The number of piperazine rings is 1. The number of amides is 1. The second-order valence-electron chi connectivity index (χ2n) is 5.29. The van der Waals surface area contributed by atoms with Gasteiger partial charge in [-0.15, -0.1) is 0 Å². The molecule has 1 fully saturated rings. The number of nitrogens with zero attached hydrogens (tertiary/aromatic N) is 1. The number of rotatable bonds is 2. The van der Waals surface area contributed by atoms with Crippen molar-refractivity contribution in [2.45, 2.75) is 19.4 Å². The zero-order valence-electron chi connectivity index (χ0n) is 11.2. The zero-order valence-corrected chi connectivity index (χ0v) is 11.2. The predicted octanol–water partition coefficient (Wildman–Crippen LogP) is 0.307. The molecule has 19 heavy (non-hydrogen) atoms. The molecule has 4 heteroatoms. The lowest BCUT2D eigenvalue weighted by Gasteiger charge is -2.28. The molecule has 3 rings (SSSR count). The van der Waals surface area contributed by atoms with Crippen LogP contribution in [0.1, 0.15) is 16.7 Å². The molecule has 102 valence electrons. The number of hydrogen-bond acceptors (Lipinski definition) is 3. The summed E-state index contributed by atoms with van der Waals surface area (Å²) >= 11 is 0. The summed E-state index contributed by atoms with van der Waals surface area (Å²) in [6.07, 6.45) is 1.62. The Morgan fingerprint density at radius 1 is 1.16 bits per heavy atom. The van der Waals surface area contributed by atoms with Gasteiger partial charge in [0.25, 0.3) is 0 Å². The highest BCUT2D eigenvalue weighted by Gasteiger charge is 2.19. The van der Waals surface area contributed by atoms with Crippen molar-refractivity contribution in [1.82, 2.24) is 15.5 Å². The Bertz CT molecular complexity index is 466. The minimum absolute atomic E-state index is 0.264. The summed E-state index contributed by atoms with van der Waals surface area (Å²) in [5.41, 5.74) is 3.95. The van der Waals surface area contributed by atoms with Gasteiger partial charge in [-0.3, -0.25) is 4.79 Å². The Morgan fingerprint density at radius 2 is 2.00 bits per heavy atom. The molecule has 0 unspecified atom stereocenters. The molecule has 2 N–H and O–H groups in total. The van der Waals surface area contributed by atoms with Crippen molar-refractivity contribution in [2.75, 3.05) is 32.7 Å². The zero-order chi connectivity index (χ0) is 13.1. The smallest absolute Gasteiger partial charge is 0.227 e. The number of carbonyl (C=O) groups excluding carboxylic acids is 1. The van der Waals surface area contributed by atoms with Crippen LogP contribution in [0.4, 0.5) is 0 Å². The molecule has 0 spiro atoms. The first-order valence-electron chi connectivity index (χ1n) is 7.13. The number of hydrogen-bond donors (Lipinski definition) is 2. The summed E-state index contributed by atoms with van der Waals surface area (Å²) in [5, 5.41) is 6.68. The van der Waals surface area contributed by atoms with Gasteiger partial charge in [-0.1, -0.05) is 18.2 Å². The van der Waals surface area contributed by atoms with Gasteiger partial charge in [0.2, 0.25) is 5.91 Å². The maximum atomic E-state index is 12.3. The predicted molar refractivity (Wildman–Crippen MR) is 75.0 cm³/mol. The monoisotopic (exact) mass is 259 g/mol. The van der Waals surface area contributed by atoms with Crippen molar-refractivity contribution in [1.29, 1.82) is 0 Å². The van der Waals surface area contributed by atoms with E-state index in [-0.39, 0.29) is 5.91 Å². The van der Waals surface area contributed by atoms with E-state index in [0.29, 0.717) is 6.42 Å². The third-order valence-corrected chi connectivity index (χ3v) is 4.05.